The highest BCUT2D eigenvalue weighted by Crippen LogP contribution is 2.50. The van der Waals surface area contributed by atoms with Gasteiger partial charge in [-0.15, -0.1) is 0 Å². The Kier molecular flexibility index (Phi) is 11.9. The number of amides is 1. The molecule has 1 spiro atoms. The van der Waals surface area contributed by atoms with E-state index in [9.17, 15) is 34.8 Å². The first kappa shape index (κ1) is 42.8. The summed E-state index contributed by atoms with van der Waals surface area (Å²) in [5.41, 5.74) is -0.573. The number of ketones is 1. The van der Waals surface area contributed by atoms with Crippen LogP contribution in [0.4, 0.5) is 5.69 Å². The Morgan fingerprint density at radius 1 is 0.948 bits per heavy atom. The van der Waals surface area contributed by atoms with E-state index in [-0.39, 0.29) is 55.4 Å². The Hall–Kier alpha value is -4.83. The van der Waals surface area contributed by atoms with Crippen molar-refractivity contribution in [1.82, 2.24) is 4.90 Å². The third-order valence-electron chi connectivity index (χ3n) is 12.4. The van der Waals surface area contributed by atoms with Crippen molar-refractivity contribution < 1.29 is 53.8 Å². The normalized spacial score (nSPS) is 33.6. The lowest BCUT2D eigenvalue weighted by Gasteiger charge is -2.38. The van der Waals surface area contributed by atoms with Crippen molar-refractivity contribution in [2.24, 2.45) is 33.7 Å². The Morgan fingerprint density at radius 2 is 1.60 bits per heavy atom. The summed E-state index contributed by atoms with van der Waals surface area (Å²) >= 11 is 0. The molecule has 1 amide bonds. The Bertz CT molecular complexity index is 2230. The van der Waals surface area contributed by atoms with Gasteiger partial charge in [-0.25, -0.2) is 0 Å². The number of esters is 1. The van der Waals surface area contributed by atoms with Gasteiger partial charge >= 0.3 is 11.8 Å². The van der Waals surface area contributed by atoms with Gasteiger partial charge in [0.05, 0.1) is 40.9 Å². The minimum absolute atomic E-state index is 0.0324. The van der Waals surface area contributed by atoms with Crippen LogP contribution in [-0.4, -0.2) is 106 Å². The lowest BCUT2D eigenvalue weighted by molar-refractivity contribution is -0.160. The first-order valence-electron chi connectivity index (χ1n) is 19.8. The monoisotopic (exact) mass is 804 g/mol. The number of aliphatic hydroxyl groups excluding tert-OH is 2. The van der Waals surface area contributed by atoms with Crippen molar-refractivity contribution in [3.63, 3.8) is 0 Å². The number of phenolic OH excluding ortho intramolecular Hbond substituents is 2. The highest BCUT2D eigenvalue weighted by molar-refractivity contribution is 6.19. The molecule has 0 unspecified atom stereocenters. The Labute approximate surface area is 337 Å². The van der Waals surface area contributed by atoms with Gasteiger partial charge < -0.3 is 49.6 Å². The number of methoxy groups -OCH3 is 1. The number of hydrogen-bond acceptors (Lipinski definition) is 14. The lowest BCUT2D eigenvalue weighted by atomic mass is 9.78. The number of likely N-dealkylation sites (tertiary alicyclic amines) is 1. The number of rotatable bonds is 2. The Morgan fingerprint density at radius 3 is 2.24 bits per heavy atom. The molecule has 314 valence electrons. The number of piperidine rings is 1. The van der Waals surface area contributed by atoms with Gasteiger partial charge in [0.25, 0.3) is 11.7 Å². The molecule has 0 aromatic heterocycles. The summed E-state index contributed by atoms with van der Waals surface area (Å²) in [5, 5.41) is 49.9. The number of phenols is 2. The topological polar surface area (TPSA) is 209 Å². The van der Waals surface area contributed by atoms with Gasteiger partial charge in [0.1, 0.15) is 28.6 Å². The summed E-state index contributed by atoms with van der Waals surface area (Å²) in [7, 11) is 3.46. The number of ether oxygens (including phenoxy) is 4. The predicted molar refractivity (Wildman–Crippen MR) is 214 cm³/mol. The predicted octanol–water partition coefficient (Wildman–Crippen LogP) is 3.72. The van der Waals surface area contributed by atoms with Crippen LogP contribution in [0.3, 0.4) is 0 Å². The molecule has 4 heterocycles. The van der Waals surface area contributed by atoms with Gasteiger partial charge in [-0.05, 0) is 27.0 Å². The maximum absolute atomic E-state index is 14.6. The molecule has 15 heteroatoms. The fourth-order valence-electron chi connectivity index (χ4n) is 8.57. The molecule has 15 nitrogen and oxygen atoms in total. The highest BCUT2D eigenvalue weighted by atomic mass is 16.7. The van der Waals surface area contributed by atoms with Crippen LogP contribution in [0.25, 0.3) is 10.8 Å². The van der Waals surface area contributed by atoms with Crippen molar-refractivity contribution in [2.75, 3.05) is 32.6 Å². The summed E-state index contributed by atoms with van der Waals surface area (Å²) in [6.07, 6.45) is 4.99. The summed E-state index contributed by atoms with van der Waals surface area (Å²) in [5.74, 6) is -6.90. The van der Waals surface area contributed by atoms with E-state index in [1.807, 2.05) is 7.05 Å². The number of aliphatic hydroxyl groups is 2. The average Bonchev–Trinajstić information content (AvgIpc) is 3.69. The third kappa shape index (κ3) is 7.49. The smallest absolute Gasteiger partial charge is 0.312 e. The van der Waals surface area contributed by atoms with Crippen molar-refractivity contribution in [2.45, 2.75) is 104 Å². The van der Waals surface area contributed by atoms with E-state index in [2.05, 4.69) is 10.2 Å². The summed E-state index contributed by atoms with van der Waals surface area (Å²) in [6.45, 7) is 14.2. The first-order valence-corrected chi connectivity index (χ1v) is 19.8. The fourth-order valence-corrected chi connectivity index (χ4v) is 8.57. The van der Waals surface area contributed by atoms with Gasteiger partial charge in [0, 0.05) is 87.1 Å². The van der Waals surface area contributed by atoms with Gasteiger partial charge in [-0.2, -0.15) is 0 Å². The van der Waals surface area contributed by atoms with Crippen LogP contribution in [0.5, 0.6) is 17.2 Å². The summed E-state index contributed by atoms with van der Waals surface area (Å²) in [6, 6.07) is 0. The molecule has 0 radical (unpaired) electrons. The molecule has 0 aliphatic carbocycles. The largest absolute Gasteiger partial charge is 0.507 e. The van der Waals surface area contributed by atoms with Crippen LogP contribution < -0.4 is 20.8 Å². The lowest BCUT2D eigenvalue weighted by Crippen LogP contribution is -2.46. The molecule has 58 heavy (non-hydrogen) atoms. The van der Waals surface area contributed by atoms with Gasteiger partial charge in [0.15, 0.2) is 11.4 Å². The standard InChI is InChI=1S/C43H56N4O11/c1-20-12-11-13-21(2)41(54)44-33-32-31(45-43(46-32)15-17-47(9)18-16-43)28-29(37(33)52)36(51)25(6)39-30(28)40(53)42(8,58-39)56-19-14-27(55-10)22(3)38(57-26(7)48)24(5)35(50)23(4)34(20)49/h11-14,19-20,22-24,27,34-35,38,49-52H,15-18H2,1-10H3,(H,44,54)/b12-11-,19-14-,21-13+/t20-,22-,23+,24+,27-,34-,35+,38-,42-/m0/s1. The number of Topliss-reactive ketones (excluding diaryl/α,β-unsaturated/α-hetero) is 1. The number of anilines is 1. The second-order valence-corrected chi connectivity index (χ2v) is 16.6. The molecule has 1 saturated heterocycles. The van der Waals surface area contributed by atoms with Crippen molar-refractivity contribution in [3.05, 3.63) is 58.0 Å². The minimum Gasteiger partial charge on any atom is -0.507 e. The fraction of sp³-hybridized carbons (Fsp3) is 0.558. The number of carbonyl (C=O) groups excluding carboxylic acids is 3. The zero-order chi connectivity index (χ0) is 42.6. The molecule has 4 aliphatic heterocycles. The summed E-state index contributed by atoms with van der Waals surface area (Å²) < 4.78 is 23.9. The molecule has 4 bridgehead atoms. The molecule has 0 saturated carbocycles. The van der Waals surface area contributed by atoms with E-state index in [1.165, 1.54) is 27.2 Å². The number of benzene rings is 2. The van der Waals surface area contributed by atoms with Crippen LogP contribution in [-0.2, 0) is 23.8 Å². The van der Waals surface area contributed by atoms with Crippen LogP contribution in [0.15, 0.2) is 46.1 Å². The SMILES string of the molecule is CO[C@H]1/C=C\O[C@@]2(C)Oc3c(C)c(O)c4c(O)c(c5c(c4c3C2=O)=NC2(CCN(C)CC2)N=5)NC(=O)/C(C)=C/C=C\[C@H](C)[C@H](O)[C@@H](C)[C@@H](O)[C@@H](C)[C@@H](OC(C)=O)[C@H]1C. The number of hydrogen-bond donors (Lipinski definition) is 5. The van der Waals surface area contributed by atoms with E-state index in [4.69, 9.17) is 28.9 Å². The minimum atomic E-state index is -1.95. The van der Waals surface area contributed by atoms with E-state index in [1.54, 1.807) is 65.8 Å². The van der Waals surface area contributed by atoms with Gasteiger partial charge in [0.2, 0.25) is 0 Å². The molecule has 4 aliphatic rings. The van der Waals surface area contributed by atoms with Crippen LogP contribution in [0, 0.1) is 30.6 Å². The molecule has 2 aromatic rings. The quantitative estimate of drug-likeness (QED) is 0.218. The van der Waals surface area contributed by atoms with Gasteiger partial charge in [-0.3, -0.25) is 24.4 Å². The van der Waals surface area contributed by atoms with Crippen molar-refractivity contribution >= 4 is 34.1 Å². The van der Waals surface area contributed by atoms with E-state index in [0.29, 0.717) is 25.9 Å². The zero-order valence-corrected chi connectivity index (χ0v) is 34.8. The summed E-state index contributed by atoms with van der Waals surface area (Å²) in [4.78, 5) is 53.1. The number of nitrogens with one attached hydrogen (secondary N) is 1. The van der Waals surface area contributed by atoms with Gasteiger partial charge in [-0.1, -0.05) is 45.9 Å². The number of aromatic hydroxyl groups is 2. The van der Waals surface area contributed by atoms with E-state index in [0.717, 1.165) is 0 Å². The highest BCUT2D eigenvalue weighted by Gasteiger charge is 2.50. The molecule has 1 fully saturated rings. The average molecular weight is 805 g/mol. The second-order valence-electron chi connectivity index (χ2n) is 16.6. The van der Waals surface area contributed by atoms with Crippen molar-refractivity contribution in [1.29, 1.82) is 0 Å². The van der Waals surface area contributed by atoms with Crippen molar-refractivity contribution in [3.8, 4) is 17.2 Å². The second kappa shape index (κ2) is 16.1. The van der Waals surface area contributed by atoms with Crippen LogP contribution in [0.1, 0.15) is 77.2 Å². The molecular weight excluding hydrogens is 748 g/mol. The number of allylic oxidation sites excluding steroid dienone is 2. The number of fused-ring (bicyclic) bond motifs is 1. The third-order valence-corrected chi connectivity index (χ3v) is 12.4. The molecule has 9 atom stereocenters. The number of carbonyl (C=O) groups is 3. The van der Waals surface area contributed by atoms with E-state index >= 15 is 0 Å². The molecular formula is C43H56N4O11. The molecule has 2 aromatic carbocycles. The van der Waals surface area contributed by atoms with Crippen LogP contribution in [0.2, 0.25) is 0 Å². The first-order chi connectivity index (χ1) is 27.3. The number of nitrogens with zero attached hydrogens (tertiary/aromatic N) is 3. The maximum atomic E-state index is 14.6. The van der Waals surface area contributed by atoms with Crippen LogP contribution >= 0.6 is 0 Å². The Balaban J connectivity index is 1.55. The van der Waals surface area contributed by atoms with E-state index < -0.39 is 82.9 Å². The zero-order valence-electron chi connectivity index (χ0n) is 34.8. The molecule has 5 N–H and O–H groups in total. The maximum Gasteiger partial charge on any atom is 0.312 e. The molecule has 6 rings (SSSR count).